The standard InChI is InChI=1S/C17H23NO7S/c1-22-14-5-3-11(17(19)23-2)9-16(14)26(20,21)18-12-4-6-13-15(10-12)25-8-7-24-13/h3,5,9,12-13,15,18H,4,6-8,10H2,1-2H3. The Morgan fingerprint density at radius 3 is 2.58 bits per heavy atom. The van der Waals surface area contributed by atoms with E-state index in [1.165, 1.54) is 32.4 Å². The van der Waals surface area contributed by atoms with E-state index in [1.54, 1.807) is 0 Å². The molecule has 2 aliphatic rings. The maximum Gasteiger partial charge on any atom is 0.337 e. The lowest BCUT2D eigenvalue weighted by Crippen LogP contribution is -2.49. The lowest BCUT2D eigenvalue weighted by Gasteiger charge is -2.38. The van der Waals surface area contributed by atoms with Gasteiger partial charge in [0.05, 0.1) is 45.2 Å². The summed E-state index contributed by atoms with van der Waals surface area (Å²) in [5.41, 5.74) is 0.140. The Hall–Kier alpha value is -1.68. The fourth-order valence-corrected chi connectivity index (χ4v) is 4.87. The highest BCUT2D eigenvalue weighted by Crippen LogP contribution is 2.30. The average Bonchev–Trinajstić information content (AvgIpc) is 2.66. The Balaban J connectivity index is 1.80. The number of sulfonamides is 1. The lowest BCUT2D eigenvalue weighted by molar-refractivity contribution is -0.156. The Bertz CT molecular complexity index is 764. The fourth-order valence-electron chi connectivity index (χ4n) is 3.39. The first kappa shape index (κ1) is 19.1. The summed E-state index contributed by atoms with van der Waals surface area (Å²) in [6.07, 6.45) is 1.86. The zero-order valence-electron chi connectivity index (χ0n) is 14.8. The van der Waals surface area contributed by atoms with Gasteiger partial charge in [-0.1, -0.05) is 0 Å². The summed E-state index contributed by atoms with van der Waals surface area (Å²) in [5.74, 6) is -0.451. The van der Waals surface area contributed by atoms with Crippen LogP contribution < -0.4 is 9.46 Å². The van der Waals surface area contributed by atoms with Gasteiger partial charge < -0.3 is 18.9 Å². The minimum atomic E-state index is -3.88. The Morgan fingerprint density at radius 1 is 1.15 bits per heavy atom. The molecular formula is C17H23NO7S. The molecule has 2 fully saturated rings. The third-order valence-electron chi connectivity index (χ3n) is 4.67. The maximum atomic E-state index is 12.9. The van der Waals surface area contributed by atoms with Crippen LogP contribution in [-0.2, 0) is 24.2 Å². The molecule has 144 valence electrons. The van der Waals surface area contributed by atoms with Gasteiger partial charge in [-0.05, 0) is 37.5 Å². The van der Waals surface area contributed by atoms with Crippen LogP contribution in [0.3, 0.4) is 0 Å². The number of esters is 1. The first-order valence-corrected chi connectivity index (χ1v) is 9.95. The molecule has 3 rings (SSSR count). The van der Waals surface area contributed by atoms with E-state index in [1.807, 2.05) is 0 Å². The van der Waals surface area contributed by atoms with Crippen molar-refractivity contribution in [1.82, 2.24) is 4.72 Å². The number of carbonyl (C=O) groups excluding carboxylic acids is 1. The maximum absolute atomic E-state index is 12.9. The molecule has 8 nitrogen and oxygen atoms in total. The van der Waals surface area contributed by atoms with Crippen LogP contribution in [0.4, 0.5) is 0 Å². The highest BCUT2D eigenvalue weighted by Gasteiger charge is 2.36. The summed E-state index contributed by atoms with van der Waals surface area (Å²) in [6, 6.07) is 3.89. The van der Waals surface area contributed by atoms with E-state index in [2.05, 4.69) is 9.46 Å². The van der Waals surface area contributed by atoms with E-state index in [4.69, 9.17) is 14.2 Å². The third kappa shape index (κ3) is 4.01. The summed E-state index contributed by atoms with van der Waals surface area (Å²) >= 11 is 0. The fraction of sp³-hybridized carbons (Fsp3) is 0.588. The highest BCUT2D eigenvalue weighted by molar-refractivity contribution is 7.89. The molecule has 1 heterocycles. The summed E-state index contributed by atoms with van der Waals surface area (Å²) in [7, 11) is -1.26. The quantitative estimate of drug-likeness (QED) is 0.758. The van der Waals surface area contributed by atoms with E-state index < -0.39 is 16.0 Å². The number of hydrogen-bond donors (Lipinski definition) is 1. The van der Waals surface area contributed by atoms with Gasteiger partial charge in [0.25, 0.3) is 0 Å². The van der Waals surface area contributed by atoms with Crippen LogP contribution in [0.5, 0.6) is 5.75 Å². The summed E-state index contributed by atoms with van der Waals surface area (Å²) < 4.78 is 49.7. The van der Waals surface area contributed by atoms with Crippen molar-refractivity contribution in [3.05, 3.63) is 23.8 Å². The molecule has 9 heteroatoms. The predicted molar refractivity (Wildman–Crippen MR) is 91.8 cm³/mol. The van der Waals surface area contributed by atoms with Crippen molar-refractivity contribution in [2.45, 2.75) is 42.4 Å². The van der Waals surface area contributed by atoms with Gasteiger partial charge in [-0.2, -0.15) is 0 Å². The summed E-state index contributed by atoms with van der Waals surface area (Å²) in [4.78, 5) is 11.6. The minimum Gasteiger partial charge on any atom is -0.495 e. The number of nitrogens with one attached hydrogen (secondary N) is 1. The molecule has 1 N–H and O–H groups in total. The molecule has 0 bridgehead atoms. The number of fused-ring (bicyclic) bond motifs is 1. The van der Waals surface area contributed by atoms with Crippen LogP contribution in [0, 0.1) is 0 Å². The molecule has 3 atom stereocenters. The minimum absolute atomic E-state index is 0.0293. The number of methoxy groups -OCH3 is 2. The first-order chi connectivity index (χ1) is 12.4. The molecule has 0 aromatic heterocycles. The molecule has 26 heavy (non-hydrogen) atoms. The van der Waals surface area contributed by atoms with Gasteiger partial charge in [0, 0.05) is 6.04 Å². The molecule has 0 spiro atoms. The van der Waals surface area contributed by atoms with Crippen molar-refractivity contribution < 1.29 is 32.2 Å². The zero-order valence-corrected chi connectivity index (χ0v) is 15.6. The highest BCUT2D eigenvalue weighted by atomic mass is 32.2. The molecule has 0 amide bonds. The largest absolute Gasteiger partial charge is 0.495 e. The zero-order chi connectivity index (χ0) is 18.7. The number of hydrogen-bond acceptors (Lipinski definition) is 7. The second-order valence-corrected chi connectivity index (χ2v) is 7.99. The second-order valence-electron chi connectivity index (χ2n) is 6.31. The van der Waals surface area contributed by atoms with Crippen LogP contribution in [-0.4, -0.2) is 60.1 Å². The number of rotatable bonds is 5. The molecule has 1 aliphatic carbocycles. The topological polar surface area (TPSA) is 100 Å². The first-order valence-electron chi connectivity index (χ1n) is 8.46. The Morgan fingerprint density at radius 2 is 1.88 bits per heavy atom. The normalized spacial score (nSPS) is 26.0. The van der Waals surface area contributed by atoms with Crippen LogP contribution in [0.15, 0.2) is 23.1 Å². The van der Waals surface area contributed by atoms with Gasteiger partial charge in [-0.3, -0.25) is 0 Å². The molecule has 1 saturated carbocycles. The lowest BCUT2D eigenvalue weighted by atomic mass is 9.90. The van der Waals surface area contributed by atoms with Gasteiger partial charge in [-0.25, -0.2) is 17.9 Å². The van der Waals surface area contributed by atoms with Crippen molar-refractivity contribution in [3.63, 3.8) is 0 Å². The molecule has 1 aliphatic heterocycles. The Labute approximate surface area is 152 Å². The molecule has 1 aromatic rings. The molecule has 0 radical (unpaired) electrons. The molecule has 3 unspecified atom stereocenters. The van der Waals surface area contributed by atoms with Gasteiger partial charge in [0.1, 0.15) is 10.6 Å². The van der Waals surface area contributed by atoms with Crippen molar-refractivity contribution in [2.24, 2.45) is 0 Å². The van der Waals surface area contributed by atoms with Crippen LogP contribution >= 0.6 is 0 Å². The van der Waals surface area contributed by atoms with Gasteiger partial charge in [0.15, 0.2) is 0 Å². The van der Waals surface area contributed by atoms with E-state index >= 15 is 0 Å². The van der Waals surface area contributed by atoms with Crippen molar-refractivity contribution in [1.29, 1.82) is 0 Å². The van der Waals surface area contributed by atoms with E-state index in [0.717, 1.165) is 6.42 Å². The molecular weight excluding hydrogens is 362 g/mol. The van der Waals surface area contributed by atoms with Crippen molar-refractivity contribution in [2.75, 3.05) is 27.4 Å². The van der Waals surface area contributed by atoms with Gasteiger partial charge in [0.2, 0.25) is 10.0 Å². The van der Waals surface area contributed by atoms with Crippen molar-refractivity contribution >= 4 is 16.0 Å². The van der Waals surface area contributed by atoms with E-state index in [-0.39, 0.29) is 34.5 Å². The van der Waals surface area contributed by atoms with Crippen LogP contribution in [0.25, 0.3) is 0 Å². The van der Waals surface area contributed by atoms with Crippen LogP contribution in [0.1, 0.15) is 29.6 Å². The summed E-state index contributed by atoms with van der Waals surface area (Å²) in [6.45, 7) is 1.10. The third-order valence-corrected chi connectivity index (χ3v) is 6.22. The van der Waals surface area contributed by atoms with E-state index in [0.29, 0.717) is 26.1 Å². The van der Waals surface area contributed by atoms with Crippen molar-refractivity contribution in [3.8, 4) is 5.75 Å². The monoisotopic (exact) mass is 385 g/mol. The number of ether oxygens (including phenoxy) is 4. The van der Waals surface area contributed by atoms with Crippen LogP contribution in [0.2, 0.25) is 0 Å². The van der Waals surface area contributed by atoms with Gasteiger partial charge >= 0.3 is 5.97 Å². The molecule has 1 aromatic carbocycles. The Kier molecular flexibility index (Phi) is 5.81. The second kappa shape index (κ2) is 7.91. The number of carbonyl (C=O) groups is 1. The van der Waals surface area contributed by atoms with Gasteiger partial charge in [-0.15, -0.1) is 0 Å². The molecule has 1 saturated heterocycles. The number of benzene rings is 1. The smallest absolute Gasteiger partial charge is 0.337 e. The summed E-state index contributed by atoms with van der Waals surface area (Å²) in [5, 5.41) is 0. The van der Waals surface area contributed by atoms with E-state index in [9.17, 15) is 13.2 Å². The SMILES string of the molecule is COC(=O)c1ccc(OC)c(S(=O)(=O)NC2CCC3OCCOC3C2)c1. The average molecular weight is 385 g/mol. The predicted octanol–water partition coefficient (Wildman–Crippen LogP) is 1.10.